The molecule has 2 unspecified atom stereocenters. The first kappa shape index (κ1) is 22.6. The zero-order valence-corrected chi connectivity index (χ0v) is 20.1. The largest absolute Gasteiger partial charge is 0.496 e. The van der Waals surface area contributed by atoms with Crippen LogP contribution in [0.4, 0.5) is 5.95 Å². The van der Waals surface area contributed by atoms with Gasteiger partial charge in [-0.15, -0.1) is 0 Å². The number of nitrogens with one attached hydrogen (secondary N) is 1. The smallest absolute Gasteiger partial charge is 0.332 e. The molecular weight excluding hydrogens is 478 g/mol. The number of aliphatic hydroxyl groups excluding tert-OH is 1. The van der Waals surface area contributed by atoms with Crippen molar-refractivity contribution in [2.24, 2.45) is 0 Å². The van der Waals surface area contributed by atoms with E-state index in [0.717, 1.165) is 29.3 Å². The third-order valence-electron chi connectivity index (χ3n) is 6.10. The number of nitrogens with zero attached hydrogens (tertiary/aromatic N) is 4. The lowest BCUT2D eigenvalue weighted by atomic mass is 10.2. The molecule has 0 saturated heterocycles. The number of halogens is 1. The summed E-state index contributed by atoms with van der Waals surface area (Å²) in [5, 5.41) is 13.7. The van der Waals surface area contributed by atoms with Crippen LogP contribution in [-0.2, 0) is 19.6 Å². The van der Waals surface area contributed by atoms with Crippen LogP contribution in [0.5, 0.6) is 5.75 Å². The number of aryl methyl sites for hydroxylation is 1. The Labute approximate surface area is 193 Å². The molecule has 1 saturated carbocycles. The van der Waals surface area contributed by atoms with E-state index in [4.69, 9.17) is 4.74 Å². The molecule has 1 aliphatic rings. The average molecular weight is 506 g/mol. The van der Waals surface area contributed by atoms with Gasteiger partial charge in [-0.05, 0) is 66.7 Å². The van der Waals surface area contributed by atoms with Gasteiger partial charge in [0.2, 0.25) is 5.95 Å². The number of imidazole rings is 1. The molecule has 2 N–H and O–H groups in total. The fourth-order valence-electron chi connectivity index (χ4n) is 4.38. The first-order chi connectivity index (χ1) is 15.4. The highest BCUT2D eigenvalue weighted by atomic mass is 79.9. The van der Waals surface area contributed by atoms with E-state index in [1.807, 2.05) is 29.7 Å². The summed E-state index contributed by atoms with van der Waals surface area (Å²) in [7, 11) is 1.61. The van der Waals surface area contributed by atoms with Crippen molar-refractivity contribution in [1.82, 2.24) is 18.7 Å². The summed E-state index contributed by atoms with van der Waals surface area (Å²) < 4.78 is 10.7. The van der Waals surface area contributed by atoms with Crippen LogP contribution in [0, 0.1) is 0 Å². The molecule has 0 spiro atoms. The molecule has 172 valence electrons. The number of rotatable bonds is 7. The lowest BCUT2D eigenvalue weighted by Gasteiger charge is -2.18. The Kier molecular flexibility index (Phi) is 6.43. The summed E-state index contributed by atoms with van der Waals surface area (Å²) in [6.45, 7) is 4.68. The van der Waals surface area contributed by atoms with Crippen LogP contribution < -0.4 is 21.3 Å². The number of anilines is 1. The molecule has 32 heavy (non-hydrogen) atoms. The molecule has 10 heteroatoms. The zero-order valence-electron chi connectivity index (χ0n) is 18.5. The van der Waals surface area contributed by atoms with E-state index in [1.165, 1.54) is 9.13 Å². The van der Waals surface area contributed by atoms with E-state index in [2.05, 4.69) is 26.2 Å². The van der Waals surface area contributed by atoms with Crippen molar-refractivity contribution in [2.45, 2.75) is 64.9 Å². The molecular formula is C22H28BrN5O4. The molecule has 2 heterocycles. The Morgan fingerprint density at radius 1 is 1.19 bits per heavy atom. The van der Waals surface area contributed by atoms with Gasteiger partial charge in [0.15, 0.2) is 11.2 Å². The number of aromatic nitrogens is 4. The summed E-state index contributed by atoms with van der Waals surface area (Å²) in [5.41, 5.74) is 0.933. The highest BCUT2D eigenvalue weighted by Crippen LogP contribution is 2.28. The second-order valence-electron chi connectivity index (χ2n) is 7.99. The van der Waals surface area contributed by atoms with E-state index < -0.39 is 6.10 Å². The predicted octanol–water partition coefficient (Wildman–Crippen LogP) is 2.54. The molecule has 9 nitrogen and oxygen atoms in total. The van der Waals surface area contributed by atoms with Gasteiger partial charge in [0.1, 0.15) is 5.75 Å². The number of benzene rings is 1. The van der Waals surface area contributed by atoms with Crippen LogP contribution in [0.2, 0.25) is 0 Å². The van der Waals surface area contributed by atoms with Crippen molar-refractivity contribution in [3.8, 4) is 5.75 Å². The van der Waals surface area contributed by atoms with Crippen molar-refractivity contribution in [2.75, 3.05) is 12.4 Å². The van der Waals surface area contributed by atoms with Gasteiger partial charge < -0.3 is 15.2 Å². The van der Waals surface area contributed by atoms with Crippen LogP contribution in [0.3, 0.4) is 0 Å². The van der Waals surface area contributed by atoms with E-state index in [0.29, 0.717) is 36.0 Å². The molecule has 2 aromatic heterocycles. The minimum Gasteiger partial charge on any atom is -0.496 e. The van der Waals surface area contributed by atoms with E-state index in [1.54, 1.807) is 14.0 Å². The molecule has 2 atom stereocenters. The maximum absolute atomic E-state index is 13.3. The highest BCUT2D eigenvalue weighted by molar-refractivity contribution is 9.10. The SMILES string of the molecule is CCn1c(=O)c2c(nc(NC3CCCC3O)n2Cc2ccc(OC)c(Br)c2)n(CC)c1=O. The zero-order chi connectivity index (χ0) is 23.0. The van der Waals surface area contributed by atoms with Gasteiger partial charge in [-0.1, -0.05) is 6.07 Å². The Bertz CT molecular complexity index is 1260. The van der Waals surface area contributed by atoms with Crippen LogP contribution in [-0.4, -0.2) is 43.0 Å². The van der Waals surface area contributed by atoms with E-state index in [-0.39, 0.29) is 23.8 Å². The van der Waals surface area contributed by atoms with Crippen LogP contribution >= 0.6 is 15.9 Å². The number of hydrogen-bond donors (Lipinski definition) is 2. The summed E-state index contributed by atoms with van der Waals surface area (Å²) >= 11 is 3.52. The van der Waals surface area contributed by atoms with Gasteiger partial charge in [0.25, 0.3) is 5.56 Å². The maximum Gasteiger partial charge on any atom is 0.332 e. The predicted molar refractivity (Wildman–Crippen MR) is 127 cm³/mol. The molecule has 0 aliphatic heterocycles. The Morgan fingerprint density at radius 2 is 1.94 bits per heavy atom. The van der Waals surface area contributed by atoms with Gasteiger partial charge in [0.05, 0.1) is 30.3 Å². The number of hydrogen-bond acceptors (Lipinski definition) is 6. The second kappa shape index (κ2) is 9.11. The standard InChI is InChI=1S/C22H28BrN5O4/c1-4-26-19-18(20(30)27(5-2)22(26)31)28(12-13-9-10-17(32-3)14(23)11-13)21(25-19)24-15-7-6-8-16(15)29/h9-11,15-16,29H,4-8,12H2,1-3H3,(H,24,25). The van der Waals surface area contributed by atoms with Gasteiger partial charge in [-0.25, -0.2) is 4.79 Å². The third kappa shape index (κ3) is 3.86. The molecule has 1 aromatic carbocycles. The second-order valence-corrected chi connectivity index (χ2v) is 8.84. The molecule has 0 radical (unpaired) electrons. The lowest BCUT2D eigenvalue weighted by molar-refractivity contribution is 0.171. The number of aliphatic hydroxyl groups is 1. The van der Waals surface area contributed by atoms with Gasteiger partial charge >= 0.3 is 5.69 Å². The molecule has 3 aromatic rings. The molecule has 0 amide bonds. The maximum atomic E-state index is 13.3. The van der Waals surface area contributed by atoms with Crippen LogP contribution in [0.15, 0.2) is 32.3 Å². The van der Waals surface area contributed by atoms with Crippen molar-refractivity contribution in [3.05, 3.63) is 49.1 Å². The monoisotopic (exact) mass is 505 g/mol. The van der Waals surface area contributed by atoms with Gasteiger partial charge in [-0.3, -0.25) is 18.5 Å². The Balaban J connectivity index is 1.92. The summed E-state index contributed by atoms with van der Waals surface area (Å²) in [6.07, 6.45) is 2.00. The molecule has 1 fully saturated rings. The fourth-order valence-corrected chi connectivity index (χ4v) is 4.97. The minimum atomic E-state index is -0.473. The van der Waals surface area contributed by atoms with Crippen LogP contribution in [0.1, 0.15) is 38.7 Å². The normalized spacial score (nSPS) is 18.4. The molecule has 0 bridgehead atoms. The van der Waals surface area contributed by atoms with Gasteiger partial charge in [-0.2, -0.15) is 4.98 Å². The van der Waals surface area contributed by atoms with E-state index >= 15 is 0 Å². The topological polar surface area (TPSA) is 103 Å². The van der Waals surface area contributed by atoms with Crippen LogP contribution in [0.25, 0.3) is 11.2 Å². The number of fused-ring (bicyclic) bond motifs is 1. The van der Waals surface area contributed by atoms with E-state index in [9.17, 15) is 14.7 Å². The first-order valence-electron chi connectivity index (χ1n) is 10.9. The average Bonchev–Trinajstić information content (AvgIpc) is 3.33. The summed E-state index contributed by atoms with van der Waals surface area (Å²) in [4.78, 5) is 30.9. The quantitative estimate of drug-likeness (QED) is 0.511. The number of ether oxygens (including phenoxy) is 1. The minimum absolute atomic E-state index is 0.150. The summed E-state index contributed by atoms with van der Waals surface area (Å²) in [6, 6.07) is 5.58. The lowest BCUT2D eigenvalue weighted by Crippen LogP contribution is -2.40. The van der Waals surface area contributed by atoms with Crippen molar-refractivity contribution in [3.63, 3.8) is 0 Å². The number of methoxy groups -OCH3 is 1. The Morgan fingerprint density at radius 3 is 2.53 bits per heavy atom. The third-order valence-corrected chi connectivity index (χ3v) is 6.72. The van der Waals surface area contributed by atoms with Crippen molar-refractivity contribution in [1.29, 1.82) is 0 Å². The highest BCUT2D eigenvalue weighted by Gasteiger charge is 2.28. The van der Waals surface area contributed by atoms with Gasteiger partial charge in [0, 0.05) is 13.1 Å². The van der Waals surface area contributed by atoms with Crippen molar-refractivity contribution < 1.29 is 9.84 Å². The molecule has 4 rings (SSSR count). The Hall–Kier alpha value is -2.59. The van der Waals surface area contributed by atoms with Crippen molar-refractivity contribution >= 4 is 33.0 Å². The molecule has 1 aliphatic carbocycles. The first-order valence-corrected chi connectivity index (χ1v) is 11.7. The summed E-state index contributed by atoms with van der Waals surface area (Å²) in [5.74, 6) is 1.19. The fraction of sp³-hybridized carbons (Fsp3) is 0.500.